The number of halogens is 3. The molecule has 60 heavy (non-hydrogen) atoms. The molecule has 4 nitrogen and oxygen atoms in total. The molecule has 9 rings (SSSR count). The van der Waals surface area contributed by atoms with Crippen LogP contribution in [0, 0.1) is 47.4 Å². The standard InChI is InChI=1S/C52H30N4.3ClH.Pd/c1-5-13-37(14-6-1)21-25-41-45-29-31-47(53-45)42(26-22-38-15-7-2-8-16-38)49-33-35-51(55-49)44(28-24-40-19-11-4-12-20-40)52-36-34-50(56-52)43(48-32-30-46(41)54-48)27-23-39-17-9-3-10-18-39;;;;/h1-20,29-36,53,56H;3*1H;/p-3. The van der Waals surface area contributed by atoms with Gasteiger partial charge in [-0.15, -0.1) is 0 Å². The number of rotatable bonds is 0. The minimum absolute atomic E-state index is 0. The van der Waals surface area contributed by atoms with Gasteiger partial charge in [0.25, 0.3) is 0 Å². The van der Waals surface area contributed by atoms with Crippen molar-refractivity contribution in [1.82, 2.24) is 19.9 Å². The summed E-state index contributed by atoms with van der Waals surface area (Å²) >= 11 is 0. The number of nitrogens with one attached hydrogen (secondary N) is 2. The Kier molecular flexibility index (Phi) is 15.4. The van der Waals surface area contributed by atoms with E-state index in [1.807, 2.05) is 170 Å². The Bertz CT molecular complexity index is 2720. The van der Waals surface area contributed by atoms with E-state index < -0.39 is 0 Å². The molecule has 2 aliphatic rings. The maximum Gasteiger partial charge on any atom is 0.0815 e. The van der Waals surface area contributed by atoms with E-state index in [2.05, 4.69) is 57.3 Å². The summed E-state index contributed by atoms with van der Waals surface area (Å²) in [5.74, 6) is 27.2. The average molecular weight is 924 g/mol. The first kappa shape index (κ1) is 44.4. The summed E-state index contributed by atoms with van der Waals surface area (Å²) in [6, 6.07) is 48.0. The molecular formula is C52H30Cl3N4Pd-3. The normalized spacial score (nSPS) is 10.1. The van der Waals surface area contributed by atoms with E-state index in [9.17, 15) is 0 Å². The Morgan fingerprint density at radius 1 is 0.283 bits per heavy atom. The van der Waals surface area contributed by atoms with Gasteiger partial charge in [-0.25, -0.2) is 9.97 Å². The van der Waals surface area contributed by atoms with Crippen molar-refractivity contribution in [3.63, 3.8) is 0 Å². The van der Waals surface area contributed by atoms with Crippen molar-refractivity contribution >= 4 is 46.4 Å². The smallest absolute Gasteiger partial charge is 0.0815 e. The number of H-pyrrole nitrogens is 2. The van der Waals surface area contributed by atoms with Gasteiger partial charge in [0.15, 0.2) is 0 Å². The molecule has 3 aromatic heterocycles. The van der Waals surface area contributed by atoms with Crippen LogP contribution in [0.1, 0.15) is 67.3 Å². The van der Waals surface area contributed by atoms with Crippen molar-refractivity contribution in [2.45, 2.75) is 0 Å². The Balaban J connectivity index is 0.00000171. The van der Waals surface area contributed by atoms with Crippen LogP contribution in [0.25, 0.3) is 46.4 Å². The molecule has 0 saturated heterocycles. The zero-order chi connectivity index (χ0) is 37.5. The second kappa shape index (κ2) is 20.8. The summed E-state index contributed by atoms with van der Waals surface area (Å²) in [7, 11) is 0. The molecule has 0 saturated carbocycles. The molecule has 0 fully saturated rings. The van der Waals surface area contributed by atoms with Crippen molar-refractivity contribution in [3.05, 3.63) is 213 Å². The van der Waals surface area contributed by atoms with Gasteiger partial charge in [-0.3, -0.25) is 0 Å². The number of benzene rings is 4. The molecule has 0 unspecified atom stereocenters. The number of aromatic amines is 2. The van der Waals surface area contributed by atoms with Crippen LogP contribution in [0.3, 0.4) is 0 Å². The zero-order valence-corrected chi connectivity index (χ0v) is 35.3. The van der Waals surface area contributed by atoms with Gasteiger partial charge in [0.1, 0.15) is 0 Å². The summed E-state index contributed by atoms with van der Waals surface area (Å²) in [5, 5.41) is 0. The Hall–Kier alpha value is -6.75. The van der Waals surface area contributed by atoms with Crippen LogP contribution < -0.4 is 37.2 Å². The third-order valence-electron chi connectivity index (χ3n) is 9.18. The fourth-order valence-electron chi connectivity index (χ4n) is 6.36. The fraction of sp³-hybridized carbons (Fsp3) is 0. The van der Waals surface area contributed by atoms with Gasteiger partial charge in [-0.2, -0.15) is 0 Å². The van der Waals surface area contributed by atoms with Crippen LogP contribution in [-0.2, 0) is 20.4 Å². The van der Waals surface area contributed by atoms with Crippen LogP contribution in [0.4, 0.5) is 0 Å². The molecule has 0 atom stereocenters. The summed E-state index contributed by atoms with van der Waals surface area (Å²) in [4.78, 5) is 17.7. The second-order valence-electron chi connectivity index (χ2n) is 13.0. The van der Waals surface area contributed by atoms with Crippen molar-refractivity contribution < 1.29 is 57.6 Å². The van der Waals surface area contributed by atoms with Crippen LogP contribution in [-0.4, -0.2) is 19.9 Å². The Labute approximate surface area is 381 Å². The molecular weight excluding hydrogens is 893 g/mol. The average Bonchev–Trinajstić information content (AvgIpc) is 4.10. The van der Waals surface area contributed by atoms with E-state index in [4.69, 9.17) is 9.97 Å². The predicted molar refractivity (Wildman–Crippen MR) is 229 cm³/mol. The third kappa shape index (κ3) is 10.1. The van der Waals surface area contributed by atoms with Gasteiger partial charge in [0.05, 0.1) is 67.1 Å². The van der Waals surface area contributed by atoms with Gasteiger partial charge >= 0.3 is 0 Å². The molecule has 8 bridgehead atoms. The Morgan fingerprint density at radius 2 is 0.500 bits per heavy atom. The van der Waals surface area contributed by atoms with E-state index >= 15 is 0 Å². The number of aromatic nitrogens is 4. The monoisotopic (exact) mass is 921 g/mol. The summed E-state index contributed by atoms with van der Waals surface area (Å²) < 4.78 is 0. The number of hydrogen-bond acceptors (Lipinski definition) is 2. The molecule has 0 radical (unpaired) electrons. The molecule has 2 aliphatic heterocycles. The second-order valence-corrected chi connectivity index (χ2v) is 13.0. The van der Waals surface area contributed by atoms with Gasteiger partial charge in [-0.1, -0.05) is 120 Å². The Morgan fingerprint density at radius 3 is 0.717 bits per heavy atom. The molecule has 0 amide bonds. The molecule has 2 N–H and O–H groups in total. The largest absolute Gasteiger partial charge is 1.00 e. The van der Waals surface area contributed by atoms with E-state index in [0.717, 1.165) is 89.4 Å². The minimum Gasteiger partial charge on any atom is -1.00 e. The van der Waals surface area contributed by atoms with E-state index in [1.54, 1.807) is 0 Å². The van der Waals surface area contributed by atoms with Gasteiger partial charge in [0, 0.05) is 42.7 Å². The van der Waals surface area contributed by atoms with Gasteiger partial charge in [-0.05, 0) is 97.1 Å². The summed E-state index contributed by atoms with van der Waals surface area (Å²) in [6.45, 7) is 0. The van der Waals surface area contributed by atoms with Gasteiger partial charge < -0.3 is 47.2 Å². The van der Waals surface area contributed by atoms with Crippen molar-refractivity contribution in [2.75, 3.05) is 0 Å². The van der Waals surface area contributed by atoms with E-state index in [1.165, 1.54) is 0 Å². The summed E-state index contributed by atoms with van der Waals surface area (Å²) in [6.07, 6.45) is 8.02. The number of nitrogens with zero attached hydrogens (tertiary/aromatic N) is 2. The predicted octanol–water partition coefficient (Wildman–Crippen LogP) is 1.26. The van der Waals surface area contributed by atoms with Crippen molar-refractivity contribution in [3.8, 4) is 47.4 Å². The SMILES string of the molecule is C(#Cc1c2nc(c(C#Cc3ccccc3)c3ccc([nH]3)c(C#Cc3ccccc3)c3nc(c(C#Cc4ccccc4)c4ccc1[nH]4)C=C3)C=C2)c1ccccc1.[Cl-].[Cl-].[Cl-].[Pd]. The summed E-state index contributed by atoms with van der Waals surface area (Å²) in [5.41, 5.74) is 12.8. The maximum atomic E-state index is 5.19. The topological polar surface area (TPSA) is 57.4 Å². The molecule has 5 heterocycles. The van der Waals surface area contributed by atoms with Crippen LogP contribution >= 0.6 is 0 Å². The molecule has 7 aromatic rings. The van der Waals surface area contributed by atoms with Gasteiger partial charge in [0.2, 0.25) is 0 Å². The number of hydrogen-bond donors (Lipinski definition) is 2. The van der Waals surface area contributed by atoms with Crippen molar-refractivity contribution in [2.24, 2.45) is 0 Å². The molecule has 0 spiro atoms. The number of fused-ring (bicyclic) bond motifs is 8. The first-order valence-electron chi connectivity index (χ1n) is 18.2. The van der Waals surface area contributed by atoms with E-state index in [0.29, 0.717) is 0 Å². The van der Waals surface area contributed by atoms with Crippen molar-refractivity contribution in [1.29, 1.82) is 0 Å². The zero-order valence-electron chi connectivity index (χ0n) is 31.5. The van der Waals surface area contributed by atoms with Crippen LogP contribution in [0.5, 0.6) is 0 Å². The third-order valence-corrected chi connectivity index (χ3v) is 9.18. The molecule has 8 heteroatoms. The van der Waals surface area contributed by atoms with Crippen LogP contribution in [0.15, 0.2) is 146 Å². The van der Waals surface area contributed by atoms with E-state index in [-0.39, 0.29) is 57.6 Å². The quantitative estimate of drug-likeness (QED) is 0.178. The fourth-order valence-corrected chi connectivity index (χ4v) is 6.36. The van der Waals surface area contributed by atoms with Crippen LogP contribution in [0.2, 0.25) is 0 Å². The molecule has 4 aromatic carbocycles. The minimum atomic E-state index is 0. The first-order valence-corrected chi connectivity index (χ1v) is 18.2. The molecule has 292 valence electrons. The molecule has 0 aliphatic carbocycles. The first-order chi connectivity index (χ1) is 27.7. The maximum absolute atomic E-state index is 5.19.